The minimum atomic E-state index is 0.427. The van der Waals surface area contributed by atoms with Gasteiger partial charge in [0.05, 0.1) is 0 Å². The van der Waals surface area contributed by atoms with Crippen molar-refractivity contribution in [1.82, 2.24) is 39.7 Å². The van der Waals surface area contributed by atoms with Crippen molar-refractivity contribution in [3.05, 3.63) is 29.3 Å². The molecule has 0 amide bonds. The lowest BCUT2D eigenvalue weighted by Gasteiger charge is -2.31. The van der Waals surface area contributed by atoms with Crippen LogP contribution in [0.15, 0.2) is 12.7 Å². The molecule has 0 saturated carbocycles. The maximum absolute atomic E-state index is 4.52. The normalized spacial score (nSPS) is 15.8. The van der Waals surface area contributed by atoms with Crippen molar-refractivity contribution in [1.29, 1.82) is 0 Å². The zero-order chi connectivity index (χ0) is 18.8. The lowest BCUT2D eigenvalue weighted by molar-refractivity contribution is 0.462. The maximum Gasteiger partial charge on any atom is 0.208 e. The van der Waals surface area contributed by atoms with Gasteiger partial charge in [0.25, 0.3) is 0 Å². The van der Waals surface area contributed by atoms with E-state index in [1.807, 2.05) is 0 Å². The minimum Gasteiger partial charge on any atom is -0.347 e. The zero-order valence-electron chi connectivity index (χ0n) is 16.0. The van der Waals surface area contributed by atoms with E-state index in [0.29, 0.717) is 18.4 Å². The van der Waals surface area contributed by atoms with E-state index in [1.165, 1.54) is 0 Å². The van der Waals surface area contributed by atoms with Crippen LogP contribution in [-0.2, 0) is 13.1 Å². The number of hydrogen-bond donors (Lipinski definition) is 0. The molecule has 144 valence electrons. The number of anilines is 1. The van der Waals surface area contributed by atoms with Gasteiger partial charge in [-0.15, -0.1) is 20.4 Å². The van der Waals surface area contributed by atoms with Crippen LogP contribution in [0.25, 0.3) is 0 Å². The third kappa shape index (κ3) is 3.71. The lowest BCUT2D eigenvalue weighted by Crippen LogP contribution is -2.33. The summed E-state index contributed by atoms with van der Waals surface area (Å²) < 4.78 is 4.01. The molecule has 4 heterocycles. The number of nitrogens with zero attached hydrogens (tertiary/aromatic N) is 9. The van der Waals surface area contributed by atoms with E-state index >= 15 is 0 Å². The van der Waals surface area contributed by atoms with E-state index in [1.54, 1.807) is 28.7 Å². The van der Waals surface area contributed by atoms with Crippen molar-refractivity contribution in [3.8, 4) is 0 Å². The molecule has 10 heteroatoms. The molecule has 27 heavy (non-hydrogen) atoms. The van der Waals surface area contributed by atoms with E-state index in [-0.39, 0.29) is 0 Å². The highest BCUT2D eigenvalue weighted by molar-refractivity contribution is 7.15. The van der Waals surface area contributed by atoms with Gasteiger partial charge in [-0.3, -0.25) is 0 Å². The molecule has 0 spiro atoms. The Balaban J connectivity index is 1.44. The summed E-state index contributed by atoms with van der Waals surface area (Å²) in [6.45, 7) is 9.87. The monoisotopic (exact) mass is 387 g/mol. The van der Waals surface area contributed by atoms with Gasteiger partial charge in [-0.1, -0.05) is 25.2 Å². The maximum atomic E-state index is 4.52. The molecule has 0 aliphatic carbocycles. The Labute approximate surface area is 162 Å². The number of rotatable bonds is 6. The van der Waals surface area contributed by atoms with Gasteiger partial charge in [-0.2, -0.15) is 5.10 Å². The van der Waals surface area contributed by atoms with Crippen molar-refractivity contribution in [3.63, 3.8) is 0 Å². The molecule has 1 fully saturated rings. The summed E-state index contributed by atoms with van der Waals surface area (Å²) in [6, 6.07) is 0. The first-order chi connectivity index (χ1) is 13.2. The minimum absolute atomic E-state index is 0.427. The molecule has 0 N–H and O–H groups in total. The Morgan fingerprint density at radius 3 is 2.59 bits per heavy atom. The van der Waals surface area contributed by atoms with Crippen LogP contribution < -0.4 is 4.90 Å². The van der Waals surface area contributed by atoms with Crippen LogP contribution in [0.5, 0.6) is 0 Å². The molecule has 0 atom stereocenters. The summed E-state index contributed by atoms with van der Waals surface area (Å²) in [7, 11) is 0. The topological polar surface area (TPSA) is 90.4 Å². The summed E-state index contributed by atoms with van der Waals surface area (Å²) in [4.78, 5) is 6.35. The molecular weight excluding hydrogens is 362 g/mol. The van der Waals surface area contributed by atoms with Gasteiger partial charge in [-0.25, -0.2) is 9.67 Å². The van der Waals surface area contributed by atoms with Gasteiger partial charge in [0.1, 0.15) is 30.0 Å². The molecule has 0 bridgehead atoms. The quantitative estimate of drug-likeness (QED) is 0.641. The molecule has 3 aromatic rings. The van der Waals surface area contributed by atoms with Gasteiger partial charge < -0.3 is 9.47 Å². The van der Waals surface area contributed by atoms with Crippen molar-refractivity contribution in [2.24, 2.45) is 0 Å². The third-order valence-corrected chi connectivity index (χ3v) is 6.28. The second-order valence-corrected chi connectivity index (χ2v) is 8.14. The third-order valence-electron chi connectivity index (χ3n) is 5.00. The Morgan fingerprint density at radius 1 is 1.15 bits per heavy atom. The molecule has 0 unspecified atom stereocenters. The van der Waals surface area contributed by atoms with Crippen molar-refractivity contribution < 1.29 is 0 Å². The summed E-state index contributed by atoms with van der Waals surface area (Å²) in [6.07, 6.45) is 5.36. The number of piperidine rings is 1. The summed E-state index contributed by atoms with van der Waals surface area (Å²) in [5.41, 5.74) is 0. The fourth-order valence-electron chi connectivity index (χ4n) is 3.49. The first-order valence-electron chi connectivity index (χ1n) is 9.48. The fraction of sp³-hybridized carbons (Fsp3) is 0.647. The second kappa shape index (κ2) is 7.71. The van der Waals surface area contributed by atoms with E-state index < -0.39 is 0 Å². The highest BCUT2D eigenvalue weighted by Gasteiger charge is 2.27. The highest BCUT2D eigenvalue weighted by Crippen LogP contribution is 2.32. The highest BCUT2D eigenvalue weighted by atomic mass is 32.1. The van der Waals surface area contributed by atoms with E-state index in [4.69, 9.17) is 0 Å². The Bertz CT molecular complexity index is 859. The first kappa shape index (κ1) is 18.0. The van der Waals surface area contributed by atoms with Gasteiger partial charge in [0.15, 0.2) is 5.82 Å². The predicted octanol–water partition coefficient (Wildman–Crippen LogP) is 2.30. The van der Waals surface area contributed by atoms with Gasteiger partial charge in [0.2, 0.25) is 5.13 Å². The van der Waals surface area contributed by atoms with E-state index in [2.05, 4.69) is 60.7 Å². The standard InChI is InChI=1S/C17H25N9S/c1-4-26-14(9-25-11-18-10-19-25)20-21-15(26)13-5-7-24(8-6-13)17-23-22-16(27-17)12(2)3/h10-13H,4-9H2,1-3H3. The first-order valence-corrected chi connectivity index (χ1v) is 10.3. The van der Waals surface area contributed by atoms with E-state index in [0.717, 1.165) is 54.3 Å². The van der Waals surface area contributed by atoms with Crippen LogP contribution >= 0.6 is 11.3 Å². The molecule has 4 rings (SSSR count). The van der Waals surface area contributed by atoms with Crippen LogP contribution in [0, 0.1) is 0 Å². The number of aromatic nitrogens is 8. The summed E-state index contributed by atoms with van der Waals surface area (Å²) in [5.74, 6) is 2.88. The second-order valence-electron chi connectivity index (χ2n) is 7.15. The van der Waals surface area contributed by atoms with Crippen LogP contribution in [0.4, 0.5) is 5.13 Å². The van der Waals surface area contributed by atoms with Crippen molar-refractivity contribution >= 4 is 16.5 Å². The van der Waals surface area contributed by atoms with Crippen LogP contribution in [0.1, 0.15) is 62.1 Å². The summed E-state index contributed by atoms with van der Waals surface area (Å²) >= 11 is 1.71. The smallest absolute Gasteiger partial charge is 0.208 e. The Kier molecular flexibility index (Phi) is 5.15. The number of hydrogen-bond acceptors (Lipinski definition) is 8. The molecule has 3 aromatic heterocycles. The zero-order valence-corrected chi connectivity index (χ0v) is 16.8. The van der Waals surface area contributed by atoms with Gasteiger partial charge in [-0.05, 0) is 19.8 Å². The van der Waals surface area contributed by atoms with Crippen molar-refractivity contribution in [2.75, 3.05) is 18.0 Å². The Morgan fingerprint density at radius 2 is 1.96 bits per heavy atom. The predicted molar refractivity (Wildman–Crippen MR) is 103 cm³/mol. The van der Waals surface area contributed by atoms with Crippen molar-refractivity contribution in [2.45, 2.75) is 58.5 Å². The molecule has 1 saturated heterocycles. The van der Waals surface area contributed by atoms with Crippen LogP contribution in [-0.4, -0.2) is 52.8 Å². The molecular formula is C17H25N9S. The molecule has 9 nitrogen and oxygen atoms in total. The fourth-order valence-corrected chi connectivity index (χ4v) is 4.39. The molecule has 0 radical (unpaired) electrons. The van der Waals surface area contributed by atoms with Crippen LogP contribution in [0.2, 0.25) is 0 Å². The average Bonchev–Trinajstić information content (AvgIpc) is 3.43. The lowest BCUT2D eigenvalue weighted by atomic mass is 9.96. The largest absolute Gasteiger partial charge is 0.347 e. The molecule has 1 aliphatic rings. The molecule has 1 aliphatic heterocycles. The van der Waals surface area contributed by atoms with Gasteiger partial charge >= 0.3 is 0 Å². The van der Waals surface area contributed by atoms with E-state index in [9.17, 15) is 0 Å². The van der Waals surface area contributed by atoms with Crippen LogP contribution in [0.3, 0.4) is 0 Å². The van der Waals surface area contributed by atoms with Gasteiger partial charge in [0, 0.05) is 31.5 Å². The average molecular weight is 388 g/mol. The Hall–Kier alpha value is -2.36. The summed E-state index contributed by atoms with van der Waals surface area (Å²) in [5, 5.41) is 24.0. The molecule has 0 aromatic carbocycles. The SMILES string of the molecule is CCn1c(Cn2cncn2)nnc1C1CCN(c2nnc(C(C)C)s2)CC1.